The Bertz CT molecular complexity index is 3180. The van der Waals surface area contributed by atoms with Crippen LogP contribution in [0.4, 0.5) is 0 Å². The number of fused-ring (bicyclic) bond motifs is 7. The van der Waals surface area contributed by atoms with Crippen LogP contribution in [0.3, 0.4) is 0 Å². The van der Waals surface area contributed by atoms with Crippen LogP contribution in [0.1, 0.15) is 0 Å². The Labute approximate surface area is 313 Å². The molecule has 0 radical (unpaired) electrons. The lowest BCUT2D eigenvalue weighted by Crippen LogP contribution is -1.95. The summed E-state index contributed by atoms with van der Waals surface area (Å²) >= 11 is 0. The van der Waals surface area contributed by atoms with Crippen molar-refractivity contribution in [3.8, 4) is 44.8 Å². The van der Waals surface area contributed by atoms with E-state index in [4.69, 9.17) is 0 Å². The summed E-state index contributed by atoms with van der Waals surface area (Å²) in [5.74, 6) is 0. The Morgan fingerprint density at radius 3 is 1.31 bits per heavy atom. The maximum atomic E-state index is 2.45. The molecule has 0 aliphatic carbocycles. The first-order chi connectivity index (χ1) is 26.8. The smallest absolute Gasteiger partial charge is 0.0541 e. The van der Waals surface area contributed by atoms with Crippen molar-refractivity contribution < 1.29 is 0 Å². The van der Waals surface area contributed by atoms with E-state index in [1.165, 1.54) is 93.5 Å². The Balaban J connectivity index is 1.10. The van der Waals surface area contributed by atoms with Gasteiger partial charge in [0.2, 0.25) is 0 Å². The van der Waals surface area contributed by atoms with Gasteiger partial charge in [0.05, 0.1) is 27.8 Å². The number of aromatic nitrogens is 2. The van der Waals surface area contributed by atoms with Gasteiger partial charge in [-0.25, -0.2) is 0 Å². The van der Waals surface area contributed by atoms with E-state index in [1.807, 2.05) is 0 Å². The molecule has 54 heavy (non-hydrogen) atoms. The van der Waals surface area contributed by atoms with Gasteiger partial charge in [-0.1, -0.05) is 146 Å². The van der Waals surface area contributed by atoms with E-state index in [1.54, 1.807) is 0 Å². The topological polar surface area (TPSA) is 9.86 Å². The van der Waals surface area contributed by atoms with Crippen LogP contribution in [0, 0.1) is 0 Å². The summed E-state index contributed by atoms with van der Waals surface area (Å²) in [4.78, 5) is 0. The first kappa shape index (κ1) is 30.5. The minimum Gasteiger partial charge on any atom is -0.309 e. The molecule has 0 fully saturated rings. The molecule has 2 nitrogen and oxygen atoms in total. The van der Waals surface area contributed by atoms with Gasteiger partial charge in [-0.3, -0.25) is 0 Å². The molecule has 0 unspecified atom stereocenters. The molecule has 11 rings (SSSR count). The second kappa shape index (κ2) is 12.2. The number of benzene rings is 9. The van der Waals surface area contributed by atoms with Gasteiger partial charge >= 0.3 is 0 Å². The summed E-state index contributed by atoms with van der Waals surface area (Å²) < 4.78 is 4.85. The first-order valence-corrected chi connectivity index (χ1v) is 18.6. The van der Waals surface area contributed by atoms with Crippen molar-refractivity contribution in [3.63, 3.8) is 0 Å². The summed E-state index contributed by atoms with van der Waals surface area (Å²) in [6, 6.07) is 75.2. The largest absolute Gasteiger partial charge is 0.309 e. The van der Waals surface area contributed by atoms with Crippen LogP contribution in [-0.2, 0) is 0 Å². The van der Waals surface area contributed by atoms with Crippen LogP contribution in [0.5, 0.6) is 0 Å². The highest BCUT2D eigenvalue weighted by Crippen LogP contribution is 2.40. The molecule has 0 spiro atoms. The van der Waals surface area contributed by atoms with Crippen LogP contribution < -0.4 is 0 Å². The highest BCUT2D eigenvalue weighted by atomic mass is 15.0. The van der Waals surface area contributed by atoms with Crippen LogP contribution in [0.2, 0.25) is 0 Å². The summed E-state index contributed by atoms with van der Waals surface area (Å²) in [5, 5.41) is 7.48. The molecule has 2 heterocycles. The summed E-state index contributed by atoms with van der Waals surface area (Å²) in [7, 11) is 0. The highest BCUT2D eigenvalue weighted by Gasteiger charge is 2.18. The fourth-order valence-corrected chi connectivity index (χ4v) is 8.54. The second-order valence-electron chi connectivity index (χ2n) is 14.2. The zero-order chi connectivity index (χ0) is 35.6. The van der Waals surface area contributed by atoms with Crippen LogP contribution in [0.25, 0.3) is 99.1 Å². The predicted molar refractivity (Wildman–Crippen MR) is 229 cm³/mol. The van der Waals surface area contributed by atoms with Gasteiger partial charge in [0.15, 0.2) is 0 Å². The lowest BCUT2D eigenvalue weighted by atomic mass is 9.99. The molecule has 0 saturated heterocycles. The molecule has 0 atom stereocenters. The molecule has 0 aliphatic rings. The Kier molecular flexibility index (Phi) is 6.90. The third-order valence-electron chi connectivity index (χ3n) is 11.1. The molecule has 0 aliphatic heterocycles. The fourth-order valence-electron chi connectivity index (χ4n) is 8.54. The monoisotopic (exact) mass is 686 g/mol. The number of rotatable bonds is 5. The third-order valence-corrected chi connectivity index (χ3v) is 11.1. The minimum absolute atomic E-state index is 1.16. The van der Waals surface area contributed by atoms with Gasteiger partial charge in [0.25, 0.3) is 0 Å². The van der Waals surface area contributed by atoms with Crippen LogP contribution >= 0.6 is 0 Å². The molecular formula is C52H34N2. The van der Waals surface area contributed by atoms with Gasteiger partial charge in [-0.05, 0) is 99.4 Å². The number of hydrogen-bond donors (Lipinski definition) is 0. The van der Waals surface area contributed by atoms with E-state index >= 15 is 0 Å². The summed E-state index contributed by atoms with van der Waals surface area (Å²) in [6.07, 6.45) is 0. The van der Waals surface area contributed by atoms with E-state index in [9.17, 15) is 0 Å². The van der Waals surface area contributed by atoms with E-state index in [0.29, 0.717) is 0 Å². The van der Waals surface area contributed by atoms with Gasteiger partial charge < -0.3 is 9.13 Å². The molecule has 252 valence electrons. The molecule has 0 bridgehead atoms. The van der Waals surface area contributed by atoms with Crippen molar-refractivity contribution in [2.75, 3.05) is 0 Å². The van der Waals surface area contributed by atoms with Crippen molar-refractivity contribution >= 4 is 54.4 Å². The number of para-hydroxylation sites is 1. The lowest BCUT2D eigenvalue weighted by molar-refractivity contribution is 1.18. The van der Waals surface area contributed by atoms with Crippen molar-refractivity contribution in [2.45, 2.75) is 0 Å². The van der Waals surface area contributed by atoms with E-state index in [-0.39, 0.29) is 0 Å². The predicted octanol–water partition coefficient (Wildman–Crippen LogP) is 14.0. The van der Waals surface area contributed by atoms with Gasteiger partial charge in [0, 0.05) is 32.6 Å². The van der Waals surface area contributed by atoms with Gasteiger partial charge in [-0.15, -0.1) is 0 Å². The molecule has 9 aromatic carbocycles. The molecular weight excluding hydrogens is 653 g/mol. The first-order valence-electron chi connectivity index (χ1n) is 18.6. The van der Waals surface area contributed by atoms with Gasteiger partial charge in [0.1, 0.15) is 0 Å². The summed E-state index contributed by atoms with van der Waals surface area (Å²) in [6.45, 7) is 0. The van der Waals surface area contributed by atoms with Crippen molar-refractivity contribution in [1.82, 2.24) is 9.13 Å². The average molecular weight is 687 g/mol. The molecule has 0 N–H and O–H groups in total. The molecule has 2 aromatic heterocycles. The number of nitrogens with zero attached hydrogens (tertiary/aromatic N) is 2. The Morgan fingerprint density at radius 1 is 0.241 bits per heavy atom. The van der Waals surface area contributed by atoms with E-state index < -0.39 is 0 Å². The van der Waals surface area contributed by atoms with Gasteiger partial charge in [-0.2, -0.15) is 0 Å². The average Bonchev–Trinajstić information content (AvgIpc) is 3.76. The van der Waals surface area contributed by atoms with E-state index in [0.717, 1.165) is 5.69 Å². The molecule has 0 amide bonds. The maximum Gasteiger partial charge on any atom is 0.0541 e. The van der Waals surface area contributed by atoms with Crippen molar-refractivity contribution in [1.29, 1.82) is 0 Å². The van der Waals surface area contributed by atoms with E-state index in [2.05, 4.69) is 215 Å². The number of hydrogen-bond acceptors (Lipinski definition) is 0. The second-order valence-corrected chi connectivity index (χ2v) is 14.2. The third kappa shape index (κ3) is 4.81. The van der Waals surface area contributed by atoms with Crippen LogP contribution in [0.15, 0.2) is 206 Å². The zero-order valence-electron chi connectivity index (χ0n) is 29.5. The maximum absolute atomic E-state index is 2.45. The fraction of sp³-hybridized carbons (Fsp3) is 0. The Morgan fingerprint density at radius 2 is 0.667 bits per heavy atom. The normalized spacial score (nSPS) is 11.7. The molecule has 0 saturated carbocycles. The SMILES string of the molecule is c1ccc(-c2ccc(-n3c4ccccc4c4cc(-c5ccc6c(c5)c5cc(-c7ccccc7)ccc5n6-c5cccc6ccccc56)ccc43)cc2)cc1. The minimum atomic E-state index is 1.16. The quantitative estimate of drug-likeness (QED) is 0.171. The van der Waals surface area contributed by atoms with Crippen LogP contribution in [-0.4, -0.2) is 9.13 Å². The lowest BCUT2D eigenvalue weighted by Gasteiger charge is -2.12. The Hall–Kier alpha value is -7.16. The van der Waals surface area contributed by atoms with Crippen molar-refractivity contribution in [2.24, 2.45) is 0 Å². The molecule has 11 aromatic rings. The standard InChI is InChI=1S/C52H34N2/c1-3-12-35(13-4-1)37-22-27-42(28-23-37)53-49-20-10-9-19-44(49)45-33-40(25-29-50(45)53)41-26-31-52-47(34-41)46-32-39(36-14-5-2-6-15-36)24-30-51(46)54(52)48-21-11-17-38-16-7-8-18-43(38)48/h1-34H. The zero-order valence-corrected chi connectivity index (χ0v) is 29.5. The highest BCUT2D eigenvalue weighted by molar-refractivity contribution is 6.14. The van der Waals surface area contributed by atoms with Crippen molar-refractivity contribution in [3.05, 3.63) is 206 Å². The molecule has 2 heteroatoms. The summed E-state index contributed by atoms with van der Waals surface area (Å²) in [5.41, 5.74) is 14.5.